The lowest BCUT2D eigenvalue weighted by Crippen LogP contribution is -2.24. The summed E-state index contributed by atoms with van der Waals surface area (Å²) < 4.78 is 3.45. The van der Waals surface area contributed by atoms with Crippen molar-refractivity contribution in [2.45, 2.75) is 33.5 Å². The summed E-state index contributed by atoms with van der Waals surface area (Å²) in [6.07, 6.45) is 5.29. The molecule has 102 valence electrons. The molecule has 2 aromatic rings. The number of nitrogens with two attached hydrogens (primary N) is 1. The van der Waals surface area contributed by atoms with Crippen LogP contribution in [0, 0.1) is 0 Å². The van der Waals surface area contributed by atoms with E-state index < -0.39 is 0 Å². The predicted molar refractivity (Wildman–Crippen MR) is 71.4 cm³/mol. The highest BCUT2D eigenvalue weighted by Crippen LogP contribution is 2.09. The number of anilines is 1. The molecule has 2 rings (SSSR count). The van der Waals surface area contributed by atoms with Crippen molar-refractivity contribution in [2.75, 3.05) is 5.73 Å². The van der Waals surface area contributed by atoms with Crippen LogP contribution in [0.2, 0.25) is 0 Å². The molecule has 7 nitrogen and oxygen atoms in total. The van der Waals surface area contributed by atoms with E-state index in [9.17, 15) is 4.79 Å². The SMILES string of the molecule is CCn1cc(CNC(=O)c2nn(CC)cc2N)cn1. The monoisotopic (exact) mass is 262 g/mol. The molecule has 0 aromatic carbocycles. The van der Waals surface area contributed by atoms with Gasteiger partial charge in [-0.15, -0.1) is 0 Å². The average molecular weight is 262 g/mol. The van der Waals surface area contributed by atoms with Crippen molar-refractivity contribution in [3.8, 4) is 0 Å². The van der Waals surface area contributed by atoms with Crippen LogP contribution in [0.4, 0.5) is 5.69 Å². The third kappa shape index (κ3) is 2.93. The fourth-order valence-corrected chi connectivity index (χ4v) is 1.71. The van der Waals surface area contributed by atoms with Crippen LogP contribution < -0.4 is 11.1 Å². The van der Waals surface area contributed by atoms with Gasteiger partial charge in [-0.25, -0.2) is 0 Å². The van der Waals surface area contributed by atoms with Gasteiger partial charge in [-0.3, -0.25) is 14.2 Å². The molecule has 0 aliphatic heterocycles. The van der Waals surface area contributed by atoms with Crippen LogP contribution in [0.1, 0.15) is 29.9 Å². The normalized spacial score (nSPS) is 10.6. The minimum atomic E-state index is -0.269. The number of aromatic nitrogens is 4. The number of nitrogen functional groups attached to an aromatic ring is 1. The quantitative estimate of drug-likeness (QED) is 0.827. The third-order valence-electron chi connectivity index (χ3n) is 2.79. The number of nitrogens with zero attached hydrogens (tertiary/aromatic N) is 4. The number of nitrogens with one attached hydrogen (secondary N) is 1. The summed E-state index contributed by atoms with van der Waals surface area (Å²) >= 11 is 0. The lowest BCUT2D eigenvalue weighted by Gasteiger charge is -2.01. The van der Waals surface area contributed by atoms with Crippen molar-refractivity contribution in [2.24, 2.45) is 0 Å². The van der Waals surface area contributed by atoms with E-state index in [2.05, 4.69) is 15.5 Å². The molecule has 0 unspecified atom stereocenters. The van der Waals surface area contributed by atoms with Gasteiger partial charge in [0, 0.05) is 37.6 Å². The summed E-state index contributed by atoms with van der Waals surface area (Å²) in [5.41, 5.74) is 7.36. The number of aryl methyl sites for hydroxylation is 2. The molecule has 0 aliphatic rings. The van der Waals surface area contributed by atoms with Gasteiger partial charge in [0.1, 0.15) is 0 Å². The van der Waals surface area contributed by atoms with E-state index in [1.807, 2.05) is 24.7 Å². The smallest absolute Gasteiger partial charge is 0.274 e. The van der Waals surface area contributed by atoms with Crippen LogP contribution in [0.15, 0.2) is 18.6 Å². The first-order chi connectivity index (χ1) is 9.13. The summed E-state index contributed by atoms with van der Waals surface area (Å²) in [6.45, 7) is 5.85. The molecule has 7 heteroatoms. The molecule has 0 radical (unpaired) electrons. The average Bonchev–Trinajstić information content (AvgIpc) is 3.02. The second-order valence-electron chi connectivity index (χ2n) is 4.18. The minimum Gasteiger partial charge on any atom is -0.396 e. The first-order valence-electron chi connectivity index (χ1n) is 6.26. The molecule has 1 amide bonds. The number of carbonyl (C=O) groups excluding carboxylic acids is 1. The predicted octanol–water partition coefficient (Wildman–Crippen LogP) is 0.632. The summed E-state index contributed by atoms with van der Waals surface area (Å²) in [4.78, 5) is 12.0. The maximum atomic E-state index is 12.0. The minimum absolute atomic E-state index is 0.268. The van der Waals surface area contributed by atoms with E-state index in [-0.39, 0.29) is 11.6 Å². The molecular formula is C12H18N6O. The summed E-state index contributed by atoms with van der Waals surface area (Å²) in [7, 11) is 0. The van der Waals surface area contributed by atoms with Crippen LogP contribution >= 0.6 is 0 Å². The van der Waals surface area contributed by atoms with Crippen LogP contribution in [-0.4, -0.2) is 25.5 Å². The zero-order chi connectivity index (χ0) is 13.8. The third-order valence-corrected chi connectivity index (χ3v) is 2.79. The molecule has 0 bridgehead atoms. The maximum absolute atomic E-state index is 12.0. The summed E-state index contributed by atoms with van der Waals surface area (Å²) in [5, 5.41) is 11.0. The topological polar surface area (TPSA) is 90.8 Å². The van der Waals surface area contributed by atoms with Crippen LogP contribution in [0.25, 0.3) is 0 Å². The van der Waals surface area contributed by atoms with Crippen LogP contribution in [0.3, 0.4) is 0 Å². The van der Waals surface area contributed by atoms with Gasteiger partial charge in [-0.1, -0.05) is 0 Å². The van der Waals surface area contributed by atoms with Gasteiger partial charge >= 0.3 is 0 Å². The summed E-state index contributed by atoms with van der Waals surface area (Å²) in [5.74, 6) is -0.269. The molecule has 0 atom stereocenters. The molecule has 19 heavy (non-hydrogen) atoms. The highest BCUT2D eigenvalue weighted by atomic mass is 16.2. The van der Waals surface area contributed by atoms with E-state index >= 15 is 0 Å². The highest BCUT2D eigenvalue weighted by molar-refractivity contribution is 5.96. The number of amides is 1. The number of hydrogen-bond donors (Lipinski definition) is 2. The fourth-order valence-electron chi connectivity index (χ4n) is 1.71. The van der Waals surface area contributed by atoms with Crippen LogP contribution in [-0.2, 0) is 19.6 Å². The van der Waals surface area contributed by atoms with E-state index in [1.54, 1.807) is 17.1 Å². The highest BCUT2D eigenvalue weighted by Gasteiger charge is 2.14. The molecule has 0 spiro atoms. The first kappa shape index (κ1) is 13.1. The molecule has 2 aromatic heterocycles. The van der Waals surface area contributed by atoms with Crippen molar-refractivity contribution in [3.63, 3.8) is 0 Å². The summed E-state index contributed by atoms with van der Waals surface area (Å²) in [6, 6.07) is 0. The van der Waals surface area contributed by atoms with Gasteiger partial charge in [-0.05, 0) is 13.8 Å². The van der Waals surface area contributed by atoms with Gasteiger partial charge < -0.3 is 11.1 Å². The molecule has 0 aliphatic carbocycles. The maximum Gasteiger partial charge on any atom is 0.274 e. The fraction of sp³-hybridized carbons (Fsp3) is 0.417. The van der Waals surface area contributed by atoms with Gasteiger partial charge in [-0.2, -0.15) is 10.2 Å². The van der Waals surface area contributed by atoms with Crippen molar-refractivity contribution >= 4 is 11.6 Å². The Labute approximate surface area is 111 Å². The Morgan fingerprint density at radius 1 is 1.32 bits per heavy atom. The molecule has 0 saturated carbocycles. The van der Waals surface area contributed by atoms with Crippen molar-refractivity contribution in [1.29, 1.82) is 0 Å². The van der Waals surface area contributed by atoms with Crippen molar-refractivity contribution in [1.82, 2.24) is 24.9 Å². The molecule has 3 N–H and O–H groups in total. The van der Waals surface area contributed by atoms with Crippen molar-refractivity contribution in [3.05, 3.63) is 29.8 Å². The van der Waals surface area contributed by atoms with Gasteiger partial charge in [0.2, 0.25) is 0 Å². The molecule has 0 saturated heterocycles. The Kier molecular flexibility index (Phi) is 3.84. The van der Waals surface area contributed by atoms with E-state index in [4.69, 9.17) is 5.73 Å². The van der Waals surface area contributed by atoms with E-state index in [0.29, 0.717) is 18.8 Å². The zero-order valence-corrected chi connectivity index (χ0v) is 11.1. The zero-order valence-electron chi connectivity index (χ0n) is 11.1. The number of carbonyl (C=O) groups is 1. The second kappa shape index (κ2) is 5.55. The first-order valence-corrected chi connectivity index (χ1v) is 6.26. The van der Waals surface area contributed by atoms with Gasteiger partial charge in [0.25, 0.3) is 5.91 Å². The lowest BCUT2D eigenvalue weighted by molar-refractivity contribution is 0.0946. The van der Waals surface area contributed by atoms with Crippen LogP contribution in [0.5, 0.6) is 0 Å². The molecule has 0 fully saturated rings. The Bertz CT molecular complexity index is 571. The Morgan fingerprint density at radius 2 is 2.05 bits per heavy atom. The standard InChI is InChI=1S/C12H18N6O/c1-3-17-7-9(6-15-17)5-14-12(19)11-10(13)8-18(4-2)16-11/h6-8H,3-5,13H2,1-2H3,(H,14,19). The lowest BCUT2D eigenvalue weighted by atomic mass is 10.3. The molecular weight excluding hydrogens is 244 g/mol. The van der Waals surface area contributed by atoms with Gasteiger partial charge in [0.05, 0.1) is 11.9 Å². The molecule has 2 heterocycles. The van der Waals surface area contributed by atoms with E-state index in [0.717, 1.165) is 12.1 Å². The largest absolute Gasteiger partial charge is 0.396 e. The Hall–Kier alpha value is -2.31. The Morgan fingerprint density at radius 3 is 2.63 bits per heavy atom. The van der Waals surface area contributed by atoms with Gasteiger partial charge in [0.15, 0.2) is 5.69 Å². The van der Waals surface area contributed by atoms with Crippen molar-refractivity contribution < 1.29 is 4.79 Å². The second-order valence-corrected chi connectivity index (χ2v) is 4.18. The Balaban J connectivity index is 1.98. The van der Waals surface area contributed by atoms with E-state index in [1.165, 1.54) is 0 Å². The number of hydrogen-bond acceptors (Lipinski definition) is 4. The number of rotatable bonds is 5.